The van der Waals surface area contributed by atoms with E-state index >= 15 is 0 Å². The van der Waals surface area contributed by atoms with Crippen LogP contribution < -0.4 is 5.32 Å². The van der Waals surface area contributed by atoms with Crippen LogP contribution in [0.5, 0.6) is 0 Å². The highest BCUT2D eigenvalue weighted by molar-refractivity contribution is 7.99. The zero-order valence-electron chi connectivity index (χ0n) is 16.4. The molecule has 1 amide bonds. The first-order valence-corrected chi connectivity index (χ1v) is 10.4. The Morgan fingerprint density at radius 1 is 1.10 bits per heavy atom. The number of rotatable bonds is 9. The summed E-state index contributed by atoms with van der Waals surface area (Å²) in [5.41, 5.74) is 1.93. The molecule has 3 aromatic rings. The molecule has 1 aromatic carbocycles. The van der Waals surface area contributed by atoms with Crippen LogP contribution in [-0.4, -0.2) is 43.2 Å². The van der Waals surface area contributed by atoms with Gasteiger partial charge in [0.15, 0.2) is 16.8 Å². The molecular weight excluding hydrogens is 386 g/mol. The van der Waals surface area contributed by atoms with Gasteiger partial charge in [-0.25, -0.2) is 0 Å². The molecule has 0 saturated heterocycles. The van der Waals surface area contributed by atoms with E-state index in [-0.39, 0.29) is 17.4 Å². The van der Waals surface area contributed by atoms with E-state index in [4.69, 9.17) is 0 Å². The first-order chi connectivity index (χ1) is 14.1. The molecule has 0 saturated carbocycles. The minimum absolute atomic E-state index is 0.0658. The van der Waals surface area contributed by atoms with Crippen molar-refractivity contribution in [2.45, 2.75) is 38.0 Å². The zero-order valence-corrected chi connectivity index (χ0v) is 17.2. The van der Waals surface area contributed by atoms with E-state index in [1.165, 1.54) is 18.7 Å². The smallest absolute Gasteiger partial charge is 0.231 e. The van der Waals surface area contributed by atoms with Gasteiger partial charge < -0.3 is 9.88 Å². The van der Waals surface area contributed by atoms with Crippen molar-refractivity contribution in [2.24, 2.45) is 0 Å². The maximum atomic E-state index is 12.4. The Morgan fingerprint density at radius 3 is 2.48 bits per heavy atom. The molecule has 29 heavy (non-hydrogen) atoms. The maximum absolute atomic E-state index is 12.4. The monoisotopic (exact) mass is 409 g/mol. The summed E-state index contributed by atoms with van der Waals surface area (Å²) in [6.07, 6.45) is 3.89. The molecule has 0 aliphatic rings. The van der Waals surface area contributed by atoms with Gasteiger partial charge in [-0.05, 0) is 38.0 Å². The van der Waals surface area contributed by atoms with E-state index in [2.05, 4.69) is 20.5 Å². The fraction of sp³-hybridized carbons (Fsp3) is 0.286. The number of hydrogen-bond donors (Lipinski definition) is 1. The van der Waals surface area contributed by atoms with Crippen molar-refractivity contribution in [1.82, 2.24) is 25.1 Å². The van der Waals surface area contributed by atoms with Crippen LogP contribution in [0.4, 0.5) is 0 Å². The second kappa shape index (κ2) is 9.97. The van der Waals surface area contributed by atoms with Crippen LogP contribution in [0, 0.1) is 0 Å². The number of amides is 1. The van der Waals surface area contributed by atoms with E-state index in [9.17, 15) is 9.59 Å². The third-order valence-electron chi connectivity index (χ3n) is 4.41. The third-order valence-corrected chi connectivity index (χ3v) is 5.38. The SMILES string of the molecule is CCn1c(SCC(=O)N[C@@H](Cc2ccccc2)C(C)=O)nnc1-c1ccncc1. The Balaban J connectivity index is 1.62. The van der Waals surface area contributed by atoms with Gasteiger partial charge in [0.25, 0.3) is 0 Å². The molecule has 1 N–H and O–H groups in total. The third kappa shape index (κ3) is 5.51. The van der Waals surface area contributed by atoms with E-state index in [1.54, 1.807) is 12.4 Å². The van der Waals surface area contributed by atoms with Crippen molar-refractivity contribution >= 4 is 23.5 Å². The van der Waals surface area contributed by atoms with E-state index in [0.29, 0.717) is 18.1 Å². The van der Waals surface area contributed by atoms with Crippen LogP contribution in [0.25, 0.3) is 11.4 Å². The molecule has 1 atom stereocenters. The molecule has 150 valence electrons. The van der Waals surface area contributed by atoms with Crippen LogP contribution in [0.2, 0.25) is 0 Å². The molecule has 0 bridgehead atoms. The molecular formula is C21H23N5O2S. The zero-order chi connectivity index (χ0) is 20.6. The highest BCUT2D eigenvalue weighted by Crippen LogP contribution is 2.23. The van der Waals surface area contributed by atoms with Gasteiger partial charge in [0.1, 0.15) is 0 Å². The largest absolute Gasteiger partial charge is 0.345 e. The van der Waals surface area contributed by atoms with Crippen molar-refractivity contribution < 1.29 is 9.59 Å². The number of ketones is 1. The van der Waals surface area contributed by atoms with Gasteiger partial charge in [0, 0.05) is 24.5 Å². The average Bonchev–Trinajstić information content (AvgIpc) is 3.16. The van der Waals surface area contributed by atoms with Crippen LogP contribution in [0.1, 0.15) is 19.4 Å². The van der Waals surface area contributed by atoms with Gasteiger partial charge in [-0.1, -0.05) is 42.1 Å². The van der Waals surface area contributed by atoms with Crippen molar-refractivity contribution in [1.29, 1.82) is 0 Å². The summed E-state index contributed by atoms with van der Waals surface area (Å²) < 4.78 is 1.96. The first kappa shape index (κ1) is 20.7. The Morgan fingerprint density at radius 2 is 1.83 bits per heavy atom. The van der Waals surface area contributed by atoms with Gasteiger partial charge in [-0.15, -0.1) is 10.2 Å². The van der Waals surface area contributed by atoms with E-state index in [1.807, 2.05) is 54.0 Å². The van der Waals surface area contributed by atoms with Crippen LogP contribution in [0.3, 0.4) is 0 Å². The van der Waals surface area contributed by atoms with Gasteiger partial charge in [-0.2, -0.15) is 0 Å². The molecule has 7 nitrogen and oxygen atoms in total. The number of hydrogen-bond acceptors (Lipinski definition) is 6. The van der Waals surface area contributed by atoms with Gasteiger partial charge >= 0.3 is 0 Å². The number of aromatic nitrogens is 4. The van der Waals surface area contributed by atoms with Crippen molar-refractivity contribution in [3.8, 4) is 11.4 Å². The Bertz CT molecular complexity index is 960. The maximum Gasteiger partial charge on any atom is 0.231 e. The number of Topliss-reactive ketones (excluding diaryl/α,β-unsaturated/α-hetero) is 1. The first-order valence-electron chi connectivity index (χ1n) is 9.38. The lowest BCUT2D eigenvalue weighted by atomic mass is 10.0. The normalized spacial score (nSPS) is 11.8. The molecule has 0 aliphatic heterocycles. The fourth-order valence-corrected chi connectivity index (χ4v) is 3.72. The highest BCUT2D eigenvalue weighted by atomic mass is 32.2. The van der Waals surface area contributed by atoms with Crippen molar-refractivity contribution in [3.05, 3.63) is 60.4 Å². The summed E-state index contributed by atoms with van der Waals surface area (Å²) in [5, 5.41) is 12.0. The lowest BCUT2D eigenvalue weighted by molar-refractivity contribution is -0.125. The second-order valence-electron chi connectivity index (χ2n) is 6.50. The fourth-order valence-electron chi connectivity index (χ4n) is 2.91. The van der Waals surface area contributed by atoms with E-state index < -0.39 is 6.04 Å². The summed E-state index contributed by atoms with van der Waals surface area (Å²) in [7, 11) is 0. The number of thioether (sulfide) groups is 1. The van der Waals surface area contributed by atoms with Gasteiger partial charge in [-0.3, -0.25) is 14.6 Å². The van der Waals surface area contributed by atoms with Crippen LogP contribution in [0.15, 0.2) is 60.0 Å². The summed E-state index contributed by atoms with van der Waals surface area (Å²) in [5.74, 6) is 0.627. The predicted molar refractivity (Wildman–Crippen MR) is 112 cm³/mol. The predicted octanol–water partition coefficient (Wildman–Crippen LogP) is 2.77. The van der Waals surface area contributed by atoms with Crippen molar-refractivity contribution in [3.63, 3.8) is 0 Å². The molecule has 3 rings (SSSR count). The standard InChI is InChI=1S/C21H23N5O2S/c1-3-26-20(17-9-11-22-12-10-17)24-25-21(26)29-14-19(28)23-18(15(2)27)13-16-7-5-4-6-8-16/h4-12,18H,3,13-14H2,1-2H3,(H,23,28)/t18-/m0/s1. The molecule has 0 radical (unpaired) electrons. The number of carbonyl (C=O) groups is 2. The molecule has 0 unspecified atom stereocenters. The summed E-state index contributed by atoms with van der Waals surface area (Å²) in [6, 6.07) is 12.9. The van der Waals surface area contributed by atoms with Gasteiger partial charge in [0.05, 0.1) is 11.8 Å². The molecule has 0 fully saturated rings. The average molecular weight is 410 g/mol. The minimum atomic E-state index is -0.540. The number of benzene rings is 1. The number of carbonyl (C=O) groups excluding carboxylic acids is 2. The molecule has 2 heterocycles. The summed E-state index contributed by atoms with van der Waals surface area (Å²) in [4.78, 5) is 28.4. The molecule has 0 spiro atoms. The topological polar surface area (TPSA) is 89.8 Å². The van der Waals surface area contributed by atoms with Crippen LogP contribution >= 0.6 is 11.8 Å². The molecule has 0 aliphatic carbocycles. The molecule has 8 heteroatoms. The Hall–Kier alpha value is -3.00. The number of nitrogens with zero attached hydrogens (tertiary/aromatic N) is 4. The molecule has 2 aromatic heterocycles. The number of pyridine rings is 1. The summed E-state index contributed by atoms with van der Waals surface area (Å²) in [6.45, 7) is 4.18. The van der Waals surface area contributed by atoms with Crippen molar-refractivity contribution in [2.75, 3.05) is 5.75 Å². The quantitative estimate of drug-likeness (QED) is 0.547. The van der Waals surface area contributed by atoms with Crippen LogP contribution in [-0.2, 0) is 22.6 Å². The lowest BCUT2D eigenvalue weighted by Gasteiger charge is -2.16. The number of nitrogens with one attached hydrogen (secondary N) is 1. The highest BCUT2D eigenvalue weighted by Gasteiger charge is 2.19. The van der Waals surface area contributed by atoms with Gasteiger partial charge in [0.2, 0.25) is 5.91 Å². The van der Waals surface area contributed by atoms with E-state index in [0.717, 1.165) is 17.0 Å². The lowest BCUT2D eigenvalue weighted by Crippen LogP contribution is -2.42. The second-order valence-corrected chi connectivity index (χ2v) is 7.44. The minimum Gasteiger partial charge on any atom is -0.345 e. The Kier molecular flexibility index (Phi) is 7.13. The Labute approximate surface area is 174 Å². The summed E-state index contributed by atoms with van der Waals surface area (Å²) >= 11 is 1.31.